The van der Waals surface area contributed by atoms with E-state index in [0.717, 1.165) is 21.8 Å². The molecule has 1 heterocycles. The first-order chi connectivity index (χ1) is 19.0. The van der Waals surface area contributed by atoms with E-state index in [4.69, 9.17) is 8.92 Å². The summed E-state index contributed by atoms with van der Waals surface area (Å²) in [4.78, 5) is 38.1. The van der Waals surface area contributed by atoms with Gasteiger partial charge in [-0.3, -0.25) is 19.3 Å². The highest BCUT2D eigenvalue weighted by atomic mass is 79.9. The van der Waals surface area contributed by atoms with Crippen LogP contribution in [0.25, 0.3) is 6.08 Å². The van der Waals surface area contributed by atoms with Gasteiger partial charge in [-0.05, 0) is 100 Å². The molecule has 0 unspecified atom stereocenters. The van der Waals surface area contributed by atoms with Gasteiger partial charge in [0.25, 0.3) is 11.1 Å². The number of carbonyl (C=O) groups excluding carboxylic acids is 3. The van der Waals surface area contributed by atoms with Crippen LogP contribution in [0.2, 0.25) is 0 Å². The fourth-order valence-electron chi connectivity index (χ4n) is 3.64. The van der Waals surface area contributed by atoms with Crippen LogP contribution in [0.3, 0.4) is 0 Å². The van der Waals surface area contributed by atoms with Crippen LogP contribution in [0.1, 0.15) is 25.0 Å². The molecule has 1 aliphatic rings. The molecular formula is C27H22Br2N2O7S2. The third-order valence-electron chi connectivity index (χ3n) is 5.41. The molecule has 0 atom stereocenters. The number of imide groups is 1. The summed E-state index contributed by atoms with van der Waals surface area (Å²) in [5.74, 6) is -0.673. The minimum absolute atomic E-state index is 0.0757. The number of carbonyl (C=O) groups is 3. The van der Waals surface area contributed by atoms with Crippen LogP contribution in [-0.2, 0) is 26.3 Å². The van der Waals surface area contributed by atoms with Gasteiger partial charge in [0.1, 0.15) is 4.90 Å². The van der Waals surface area contributed by atoms with E-state index in [1.807, 2.05) is 24.3 Å². The maximum Gasteiger partial charge on any atom is 0.339 e. The van der Waals surface area contributed by atoms with Gasteiger partial charge in [0, 0.05) is 17.1 Å². The summed E-state index contributed by atoms with van der Waals surface area (Å²) in [6.45, 7) is 3.42. The average Bonchev–Trinajstić information content (AvgIpc) is 3.14. The zero-order valence-corrected chi connectivity index (χ0v) is 25.9. The van der Waals surface area contributed by atoms with Crippen molar-refractivity contribution in [2.75, 3.05) is 11.9 Å². The first kappa shape index (κ1) is 29.8. The fourth-order valence-corrected chi connectivity index (χ4v) is 6.35. The monoisotopic (exact) mass is 708 g/mol. The number of ether oxygens (including phenoxy) is 1. The first-order valence-corrected chi connectivity index (χ1v) is 15.6. The Morgan fingerprint density at radius 2 is 1.73 bits per heavy atom. The Hall–Kier alpha value is -3.13. The minimum Gasteiger partial charge on any atom is -0.490 e. The second-order valence-corrected chi connectivity index (χ2v) is 12.7. The molecule has 0 spiro atoms. The van der Waals surface area contributed by atoms with E-state index in [-0.39, 0.29) is 50.1 Å². The number of rotatable bonds is 9. The second-order valence-electron chi connectivity index (χ2n) is 8.40. The Bertz CT molecular complexity index is 1610. The molecule has 0 saturated carbocycles. The topological polar surface area (TPSA) is 119 Å². The molecule has 9 nitrogen and oxygen atoms in total. The normalized spacial score (nSPS) is 14.5. The third kappa shape index (κ3) is 7.14. The van der Waals surface area contributed by atoms with E-state index in [0.29, 0.717) is 11.3 Å². The number of benzene rings is 3. The Labute approximate surface area is 252 Å². The standard InChI is InChI=1S/C27H22Br2N2O7S2/c1-3-37-23-13-18(14-24-26(33)31(27(34)39-24)15-17-4-6-19(28)7-5-17)12-22(29)25(23)38-40(35,36)21-10-8-20(9-11-21)30-16(2)32/h4-14H,3,15H2,1-2H3,(H,30,32)/b24-14-. The highest BCUT2D eigenvalue weighted by Crippen LogP contribution is 2.41. The van der Waals surface area contributed by atoms with Gasteiger partial charge in [-0.15, -0.1) is 0 Å². The van der Waals surface area contributed by atoms with E-state index in [1.54, 1.807) is 19.1 Å². The summed E-state index contributed by atoms with van der Waals surface area (Å²) in [5.41, 5.74) is 1.74. The van der Waals surface area contributed by atoms with Crippen molar-refractivity contribution >= 4 is 82.6 Å². The molecule has 1 N–H and O–H groups in total. The molecule has 1 fully saturated rings. The van der Waals surface area contributed by atoms with Crippen LogP contribution < -0.4 is 14.2 Å². The van der Waals surface area contributed by atoms with Gasteiger partial charge in [-0.25, -0.2) is 0 Å². The summed E-state index contributed by atoms with van der Waals surface area (Å²) < 4.78 is 38.2. The van der Waals surface area contributed by atoms with Gasteiger partial charge in [0.15, 0.2) is 11.5 Å². The lowest BCUT2D eigenvalue weighted by Crippen LogP contribution is -2.27. The van der Waals surface area contributed by atoms with Crippen molar-refractivity contribution in [3.63, 3.8) is 0 Å². The van der Waals surface area contributed by atoms with Crippen LogP contribution in [0, 0.1) is 0 Å². The predicted molar refractivity (Wildman–Crippen MR) is 160 cm³/mol. The maximum atomic E-state index is 13.0. The molecular weight excluding hydrogens is 688 g/mol. The van der Waals surface area contributed by atoms with Crippen LogP contribution in [-0.4, -0.2) is 37.0 Å². The average molecular weight is 710 g/mol. The highest BCUT2D eigenvalue weighted by molar-refractivity contribution is 9.10. The summed E-state index contributed by atoms with van der Waals surface area (Å²) in [6, 6.07) is 15.9. The van der Waals surface area contributed by atoms with E-state index in [2.05, 4.69) is 37.2 Å². The number of nitrogens with zero attached hydrogens (tertiary/aromatic N) is 1. The maximum absolute atomic E-state index is 13.0. The largest absolute Gasteiger partial charge is 0.490 e. The molecule has 1 saturated heterocycles. The third-order valence-corrected chi connectivity index (χ3v) is 8.67. The van der Waals surface area contributed by atoms with Gasteiger partial charge in [-0.1, -0.05) is 28.1 Å². The van der Waals surface area contributed by atoms with Gasteiger partial charge in [-0.2, -0.15) is 8.42 Å². The SMILES string of the molecule is CCOc1cc(/C=C2\SC(=O)N(Cc3ccc(Br)cc3)C2=O)cc(Br)c1OS(=O)(=O)c1ccc(NC(C)=O)cc1. The van der Waals surface area contributed by atoms with E-state index < -0.39 is 16.0 Å². The smallest absolute Gasteiger partial charge is 0.339 e. The molecule has 0 radical (unpaired) electrons. The quantitative estimate of drug-likeness (QED) is 0.196. The first-order valence-electron chi connectivity index (χ1n) is 11.7. The summed E-state index contributed by atoms with van der Waals surface area (Å²) in [5, 5.41) is 2.18. The predicted octanol–water partition coefficient (Wildman–Crippen LogP) is 6.57. The van der Waals surface area contributed by atoms with Gasteiger partial charge in [0.2, 0.25) is 5.91 Å². The number of amides is 3. The molecule has 3 amide bonds. The summed E-state index contributed by atoms with van der Waals surface area (Å²) in [6.07, 6.45) is 1.54. The number of thioether (sulfide) groups is 1. The van der Waals surface area contributed by atoms with Crippen LogP contribution in [0.4, 0.5) is 10.5 Å². The molecule has 0 aliphatic carbocycles. The van der Waals surface area contributed by atoms with Gasteiger partial charge in [0.05, 0.1) is 22.5 Å². The van der Waals surface area contributed by atoms with Gasteiger partial charge >= 0.3 is 10.1 Å². The van der Waals surface area contributed by atoms with Crippen LogP contribution >= 0.6 is 43.6 Å². The number of hydrogen-bond acceptors (Lipinski definition) is 8. The van der Waals surface area contributed by atoms with Crippen molar-refractivity contribution in [1.29, 1.82) is 0 Å². The van der Waals surface area contributed by atoms with Crippen LogP contribution in [0.5, 0.6) is 11.5 Å². The Morgan fingerprint density at radius 3 is 2.35 bits per heavy atom. The van der Waals surface area contributed by atoms with Crippen molar-refractivity contribution in [2.24, 2.45) is 0 Å². The van der Waals surface area contributed by atoms with Crippen molar-refractivity contribution in [1.82, 2.24) is 4.90 Å². The lowest BCUT2D eigenvalue weighted by molar-refractivity contribution is -0.123. The second kappa shape index (κ2) is 12.6. The zero-order valence-electron chi connectivity index (χ0n) is 21.1. The van der Waals surface area contributed by atoms with E-state index in [9.17, 15) is 22.8 Å². The molecule has 1 aliphatic heterocycles. The summed E-state index contributed by atoms with van der Waals surface area (Å²) >= 11 is 7.54. The molecule has 0 aromatic heterocycles. The number of halogens is 2. The van der Waals surface area contributed by atoms with E-state index >= 15 is 0 Å². The number of anilines is 1. The zero-order chi connectivity index (χ0) is 29.0. The molecule has 3 aromatic rings. The Morgan fingerprint density at radius 1 is 1.05 bits per heavy atom. The van der Waals surface area contributed by atoms with Crippen molar-refractivity contribution in [2.45, 2.75) is 25.3 Å². The molecule has 13 heteroatoms. The van der Waals surface area contributed by atoms with Crippen molar-refractivity contribution < 1.29 is 31.7 Å². The van der Waals surface area contributed by atoms with Crippen LogP contribution in [0.15, 0.2) is 79.4 Å². The molecule has 3 aromatic carbocycles. The fraction of sp³-hybridized carbons (Fsp3) is 0.148. The number of nitrogens with one attached hydrogen (secondary N) is 1. The summed E-state index contributed by atoms with van der Waals surface area (Å²) in [7, 11) is -4.26. The van der Waals surface area contributed by atoms with Crippen molar-refractivity contribution in [3.8, 4) is 11.5 Å². The molecule has 40 heavy (non-hydrogen) atoms. The minimum atomic E-state index is -4.26. The molecule has 0 bridgehead atoms. The highest BCUT2D eigenvalue weighted by Gasteiger charge is 2.35. The molecule has 4 rings (SSSR count). The lowest BCUT2D eigenvalue weighted by Gasteiger charge is -2.15. The van der Waals surface area contributed by atoms with E-state index in [1.165, 1.54) is 42.2 Å². The molecule has 208 valence electrons. The Kier molecular flexibility index (Phi) is 9.39. The number of hydrogen-bond donors (Lipinski definition) is 1. The lowest BCUT2D eigenvalue weighted by atomic mass is 10.1. The van der Waals surface area contributed by atoms with Gasteiger partial charge < -0.3 is 14.2 Å². The van der Waals surface area contributed by atoms with Crippen molar-refractivity contribution in [3.05, 3.63) is 85.6 Å². The Balaban J connectivity index is 1.58.